The largest absolute Gasteiger partial charge is 0.332 e. The summed E-state index contributed by atoms with van der Waals surface area (Å²) in [4.78, 5) is 27.2. The summed E-state index contributed by atoms with van der Waals surface area (Å²) in [6, 6.07) is -0.848. The molecule has 0 aromatic carbocycles. The Morgan fingerprint density at radius 3 is 2.00 bits per heavy atom. The Morgan fingerprint density at radius 1 is 1.00 bits per heavy atom. The molecule has 29 heavy (non-hydrogen) atoms. The second kappa shape index (κ2) is 7.81. The van der Waals surface area contributed by atoms with Gasteiger partial charge in [-0.25, -0.2) is 13.2 Å². The molecule has 2 N–H and O–H groups in total. The monoisotopic (exact) mass is 426 g/mol. The van der Waals surface area contributed by atoms with Gasteiger partial charge in [-0.3, -0.25) is 15.0 Å². The van der Waals surface area contributed by atoms with E-state index >= 15 is 0 Å². The van der Waals surface area contributed by atoms with Crippen LogP contribution < -0.4 is 10.6 Å². The molecule has 3 amide bonds. The van der Waals surface area contributed by atoms with Gasteiger partial charge in [0.05, 0.1) is 11.8 Å². The van der Waals surface area contributed by atoms with E-state index in [1.165, 1.54) is 23.6 Å². The number of rotatable bonds is 5. The van der Waals surface area contributed by atoms with E-state index in [1.807, 2.05) is 4.90 Å². The van der Waals surface area contributed by atoms with Crippen LogP contribution in [0.4, 0.5) is 4.79 Å². The molecule has 8 nitrogen and oxygen atoms in total. The zero-order chi connectivity index (χ0) is 20.8. The summed E-state index contributed by atoms with van der Waals surface area (Å²) >= 11 is 0. The molecular formula is C20H34N4O4S. The second-order valence-corrected chi connectivity index (χ2v) is 11.9. The minimum absolute atomic E-state index is 0.0908. The van der Waals surface area contributed by atoms with Crippen LogP contribution in [0.15, 0.2) is 0 Å². The zero-order valence-corrected chi connectivity index (χ0v) is 18.3. The van der Waals surface area contributed by atoms with Gasteiger partial charge in [0.15, 0.2) is 0 Å². The Balaban J connectivity index is 1.28. The van der Waals surface area contributed by atoms with Gasteiger partial charge in [-0.15, -0.1) is 0 Å². The first-order valence-electron chi connectivity index (χ1n) is 11.0. The van der Waals surface area contributed by atoms with E-state index in [1.54, 1.807) is 13.8 Å². The molecule has 4 saturated carbocycles. The van der Waals surface area contributed by atoms with E-state index in [4.69, 9.17) is 0 Å². The van der Waals surface area contributed by atoms with Gasteiger partial charge in [-0.05, 0) is 70.1 Å². The zero-order valence-electron chi connectivity index (χ0n) is 17.5. The maximum absolute atomic E-state index is 12.6. The number of hydrogen-bond donors (Lipinski definition) is 2. The average molecular weight is 427 g/mol. The Morgan fingerprint density at radius 2 is 1.52 bits per heavy atom. The van der Waals surface area contributed by atoms with Crippen molar-refractivity contribution in [2.45, 2.75) is 64.0 Å². The third kappa shape index (κ3) is 4.32. The third-order valence-corrected chi connectivity index (χ3v) is 9.49. The van der Waals surface area contributed by atoms with Crippen LogP contribution in [0.3, 0.4) is 0 Å². The number of hydrogen-bond acceptors (Lipinski definition) is 5. The summed E-state index contributed by atoms with van der Waals surface area (Å²) in [7, 11) is -3.19. The van der Waals surface area contributed by atoms with E-state index in [9.17, 15) is 18.0 Å². The lowest BCUT2D eigenvalue weighted by atomic mass is 9.53. The molecule has 5 fully saturated rings. The first-order chi connectivity index (χ1) is 13.7. The van der Waals surface area contributed by atoms with Crippen molar-refractivity contribution in [3.63, 3.8) is 0 Å². The van der Waals surface area contributed by atoms with E-state index in [0.29, 0.717) is 26.2 Å². The molecule has 0 aromatic heterocycles. The number of carbonyl (C=O) groups excluding carboxylic acids is 2. The lowest BCUT2D eigenvalue weighted by Gasteiger charge is -2.56. The quantitative estimate of drug-likeness (QED) is 0.687. The number of piperazine rings is 1. The number of imide groups is 1. The molecule has 1 heterocycles. The molecule has 0 radical (unpaired) electrons. The van der Waals surface area contributed by atoms with Crippen molar-refractivity contribution in [2.75, 3.05) is 31.9 Å². The number of carbonyl (C=O) groups is 2. The van der Waals surface area contributed by atoms with Crippen molar-refractivity contribution in [3.8, 4) is 0 Å². The average Bonchev–Trinajstić information content (AvgIpc) is 2.65. The molecule has 5 rings (SSSR count). The highest BCUT2D eigenvalue weighted by Gasteiger charge is 2.51. The maximum atomic E-state index is 12.6. The maximum Gasteiger partial charge on any atom is 0.321 e. The molecule has 9 heteroatoms. The lowest BCUT2D eigenvalue weighted by molar-refractivity contribution is -0.125. The van der Waals surface area contributed by atoms with Gasteiger partial charge in [0.1, 0.15) is 0 Å². The molecule has 164 valence electrons. The number of nitrogens with zero attached hydrogens (tertiary/aromatic N) is 2. The van der Waals surface area contributed by atoms with Crippen molar-refractivity contribution in [3.05, 3.63) is 0 Å². The second-order valence-electron chi connectivity index (χ2n) is 9.65. The molecule has 1 unspecified atom stereocenters. The number of urea groups is 1. The minimum Gasteiger partial charge on any atom is -0.332 e. The summed E-state index contributed by atoms with van der Waals surface area (Å²) < 4.78 is 25.5. The van der Waals surface area contributed by atoms with Crippen molar-refractivity contribution in [1.82, 2.24) is 19.8 Å². The van der Waals surface area contributed by atoms with Crippen molar-refractivity contribution in [2.24, 2.45) is 17.8 Å². The molecule has 4 bridgehead atoms. The van der Waals surface area contributed by atoms with Crippen molar-refractivity contribution < 1.29 is 18.0 Å². The first-order valence-corrected chi connectivity index (χ1v) is 12.7. The van der Waals surface area contributed by atoms with Crippen molar-refractivity contribution in [1.29, 1.82) is 0 Å². The minimum atomic E-state index is -3.19. The first kappa shape index (κ1) is 21.1. The number of amides is 3. The topological polar surface area (TPSA) is 98.8 Å². The summed E-state index contributed by atoms with van der Waals surface area (Å²) in [6.45, 7) is 5.16. The predicted molar refractivity (Wildman–Crippen MR) is 110 cm³/mol. The number of nitrogens with one attached hydrogen (secondary N) is 2. The fourth-order valence-corrected chi connectivity index (χ4v) is 7.55. The van der Waals surface area contributed by atoms with Gasteiger partial charge in [-0.2, -0.15) is 4.31 Å². The summed E-state index contributed by atoms with van der Waals surface area (Å²) in [5, 5.41) is 5.71. The lowest BCUT2D eigenvalue weighted by Crippen LogP contribution is -2.63. The van der Waals surface area contributed by atoms with Crippen molar-refractivity contribution >= 4 is 22.0 Å². The van der Waals surface area contributed by atoms with Crippen LogP contribution in [0.5, 0.6) is 0 Å². The highest BCUT2D eigenvalue weighted by Crippen LogP contribution is 2.55. The Kier molecular flexibility index (Phi) is 5.67. The summed E-state index contributed by atoms with van der Waals surface area (Å²) in [5.41, 5.74) is -0.123. The SMILES string of the molecule is CCS(=O)(=O)N1CCN(C(C)C(=O)NC(=O)NC23CC4CC(CC(C4)C2)C3)CC1. The van der Waals surface area contributed by atoms with Crippen LogP contribution in [0, 0.1) is 17.8 Å². The van der Waals surface area contributed by atoms with E-state index in [2.05, 4.69) is 10.6 Å². The van der Waals surface area contributed by atoms with Crippen LogP contribution >= 0.6 is 0 Å². The molecule has 5 aliphatic rings. The van der Waals surface area contributed by atoms with Gasteiger partial charge in [0.25, 0.3) is 0 Å². The third-order valence-electron chi connectivity index (χ3n) is 7.61. The van der Waals surface area contributed by atoms with Gasteiger partial charge < -0.3 is 5.32 Å². The Bertz CT molecular complexity index is 725. The van der Waals surface area contributed by atoms with Crippen LogP contribution in [0.1, 0.15) is 52.4 Å². The van der Waals surface area contributed by atoms with Crippen LogP contribution in [0.2, 0.25) is 0 Å². The molecular weight excluding hydrogens is 392 g/mol. The fourth-order valence-electron chi connectivity index (χ4n) is 6.47. The van der Waals surface area contributed by atoms with Gasteiger partial charge >= 0.3 is 6.03 Å². The smallest absolute Gasteiger partial charge is 0.321 e. The number of sulfonamides is 1. The van der Waals surface area contributed by atoms with Crippen LogP contribution in [0.25, 0.3) is 0 Å². The molecule has 1 aliphatic heterocycles. The normalized spacial score (nSPS) is 36.0. The van der Waals surface area contributed by atoms with E-state index in [-0.39, 0.29) is 23.2 Å². The molecule has 0 aromatic rings. The van der Waals surface area contributed by atoms with Gasteiger partial charge in [-0.1, -0.05) is 0 Å². The van der Waals surface area contributed by atoms with E-state index < -0.39 is 16.1 Å². The molecule has 4 aliphatic carbocycles. The van der Waals surface area contributed by atoms with E-state index in [0.717, 1.165) is 37.0 Å². The fraction of sp³-hybridized carbons (Fsp3) is 0.900. The summed E-state index contributed by atoms with van der Waals surface area (Å²) in [6.07, 6.45) is 7.05. The molecule has 1 atom stereocenters. The summed E-state index contributed by atoms with van der Waals surface area (Å²) in [5.74, 6) is 1.96. The highest BCUT2D eigenvalue weighted by atomic mass is 32.2. The van der Waals surface area contributed by atoms with Crippen LogP contribution in [-0.2, 0) is 14.8 Å². The Hall–Kier alpha value is -1.19. The van der Waals surface area contributed by atoms with Gasteiger partial charge in [0, 0.05) is 31.7 Å². The molecule has 1 saturated heterocycles. The van der Waals surface area contributed by atoms with Gasteiger partial charge in [0.2, 0.25) is 15.9 Å². The standard InChI is InChI=1S/C20H34N4O4S/c1-3-29(27,28)24-6-4-23(5-7-24)14(2)18(25)21-19(26)22-20-11-15-8-16(12-20)10-17(9-15)13-20/h14-17H,3-13H2,1-2H3,(H2,21,22,25,26). The highest BCUT2D eigenvalue weighted by molar-refractivity contribution is 7.89. The Labute approximate surface area is 173 Å². The predicted octanol–water partition coefficient (Wildman–Crippen LogP) is 1.14. The molecule has 0 spiro atoms. The van der Waals surface area contributed by atoms with Crippen LogP contribution in [-0.4, -0.2) is 73.1 Å².